The fraction of sp³-hybridized carbons (Fsp3) is 1.00. The highest BCUT2D eigenvalue weighted by molar-refractivity contribution is 7.89. The smallest absolute Gasteiger partial charge is 0.212 e. The second kappa shape index (κ2) is 7.43. The van der Waals surface area contributed by atoms with Crippen LogP contribution in [-0.4, -0.2) is 47.0 Å². The molecular formula is C12H26N2O3S. The fourth-order valence-corrected chi connectivity index (χ4v) is 4.00. The minimum Gasteiger partial charge on any atom is -0.383 e. The van der Waals surface area contributed by atoms with Crippen LogP contribution < -0.4 is 10.0 Å². The van der Waals surface area contributed by atoms with Crippen LogP contribution in [0.2, 0.25) is 0 Å². The zero-order chi connectivity index (χ0) is 13.6. The highest BCUT2D eigenvalue weighted by Gasteiger charge is 2.25. The molecule has 1 fully saturated rings. The molecule has 0 amide bonds. The molecule has 0 saturated carbocycles. The standard InChI is InChI=1S/C12H26N2O3S/c1-10(2)12(8-17-3)14-18(15,16)9-11-5-4-6-13-7-11/h10-14H,4-9H2,1-3H3. The van der Waals surface area contributed by atoms with E-state index in [-0.39, 0.29) is 23.6 Å². The van der Waals surface area contributed by atoms with E-state index in [4.69, 9.17) is 4.74 Å². The first-order valence-corrected chi connectivity index (χ1v) is 8.29. The molecule has 2 unspecified atom stereocenters. The molecule has 2 N–H and O–H groups in total. The zero-order valence-electron chi connectivity index (χ0n) is 11.6. The summed E-state index contributed by atoms with van der Waals surface area (Å²) in [5.41, 5.74) is 0. The Hall–Kier alpha value is -0.170. The van der Waals surface area contributed by atoms with E-state index in [0.717, 1.165) is 25.9 Å². The van der Waals surface area contributed by atoms with Crippen LogP contribution in [0.3, 0.4) is 0 Å². The number of piperidine rings is 1. The maximum Gasteiger partial charge on any atom is 0.212 e. The number of nitrogens with one attached hydrogen (secondary N) is 2. The first kappa shape index (κ1) is 15.9. The van der Waals surface area contributed by atoms with E-state index < -0.39 is 10.0 Å². The normalized spacial score (nSPS) is 23.2. The lowest BCUT2D eigenvalue weighted by Gasteiger charge is -2.25. The molecule has 1 rings (SSSR count). The van der Waals surface area contributed by atoms with E-state index in [9.17, 15) is 8.42 Å². The summed E-state index contributed by atoms with van der Waals surface area (Å²) in [5, 5.41) is 3.24. The summed E-state index contributed by atoms with van der Waals surface area (Å²) in [7, 11) is -1.63. The molecule has 0 aromatic heterocycles. The number of methoxy groups -OCH3 is 1. The molecule has 5 nitrogen and oxygen atoms in total. The van der Waals surface area contributed by atoms with Gasteiger partial charge in [-0.3, -0.25) is 0 Å². The Labute approximate surface area is 111 Å². The van der Waals surface area contributed by atoms with Crippen LogP contribution in [0.5, 0.6) is 0 Å². The van der Waals surface area contributed by atoms with Crippen LogP contribution in [0, 0.1) is 11.8 Å². The maximum atomic E-state index is 12.1. The van der Waals surface area contributed by atoms with Crippen molar-refractivity contribution in [2.24, 2.45) is 11.8 Å². The lowest BCUT2D eigenvalue weighted by atomic mass is 10.0. The minimum atomic E-state index is -3.22. The number of hydrogen-bond donors (Lipinski definition) is 2. The Morgan fingerprint density at radius 3 is 2.67 bits per heavy atom. The van der Waals surface area contributed by atoms with Gasteiger partial charge in [-0.05, 0) is 37.8 Å². The van der Waals surface area contributed by atoms with Crippen molar-refractivity contribution >= 4 is 10.0 Å². The van der Waals surface area contributed by atoms with E-state index in [1.807, 2.05) is 13.8 Å². The van der Waals surface area contributed by atoms with Crippen LogP contribution in [0.1, 0.15) is 26.7 Å². The van der Waals surface area contributed by atoms with Gasteiger partial charge >= 0.3 is 0 Å². The highest BCUT2D eigenvalue weighted by atomic mass is 32.2. The van der Waals surface area contributed by atoms with Gasteiger partial charge in [-0.1, -0.05) is 13.8 Å². The molecule has 1 saturated heterocycles. The molecule has 0 radical (unpaired) electrons. The lowest BCUT2D eigenvalue weighted by molar-refractivity contribution is 0.157. The van der Waals surface area contributed by atoms with Gasteiger partial charge in [0.15, 0.2) is 0 Å². The molecule has 108 valence electrons. The Morgan fingerprint density at radius 1 is 1.44 bits per heavy atom. The molecule has 0 aromatic rings. The average Bonchev–Trinajstić information content (AvgIpc) is 2.28. The van der Waals surface area contributed by atoms with E-state index >= 15 is 0 Å². The average molecular weight is 278 g/mol. The molecular weight excluding hydrogens is 252 g/mol. The Kier molecular flexibility index (Phi) is 6.55. The second-order valence-electron chi connectivity index (χ2n) is 5.42. The van der Waals surface area contributed by atoms with E-state index in [1.54, 1.807) is 7.11 Å². The van der Waals surface area contributed by atoms with Crippen LogP contribution in [0.4, 0.5) is 0 Å². The molecule has 0 aliphatic carbocycles. The number of hydrogen-bond acceptors (Lipinski definition) is 4. The number of sulfonamides is 1. The van der Waals surface area contributed by atoms with Crippen molar-refractivity contribution in [2.45, 2.75) is 32.7 Å². The Balaban J connectivity index is 2.51. The van der Waals surface area contributed by atoms with Crippen molar-refractivity contribution < 1.29 is 13.2 Å². The van der Waals surface area contributed by atoms with Gasteiger partial charge < -0.3 is 10.1 Å². The molecule has 18 heavy (non-hydrogen) atoms. The van der Waals surface area contributed by atoms with Crippen molar-refractivity contribution in [1.82, 2.24) is 10.0 Å². The Morgan fingerprint density at radius 2 is 2.17 bits per heavy atom. The van der Waals surface area contributed by atoms with Crippen molar-refractivity contribution in [3.63, 3.8) is 0 Å². The van der Waals surface area contributed by atoms with Crippen LogP contribution in [0.15, 0.2) is 0 Å². The van der Waals surface area contributed by atoms with Crippen LogP contribution >= 0.6 is 0 Å². The summed E-state index contributed by atoms with van der Waals surface area (Å²) in [6.45, 7) is 6.21. The van der Waals surface area contributed by atoms with Gasteiger partial charge in [0.05, 0.1) is 12.4 Å². The van der Waals surface area contributed by atoms with Gasteiger partial charge in [0.2, 0.25) is 10.0 Å². The monoisotopic (exact) mass is 278 g/mol. The molecule has 0 bridgehead atoms. The van der Waals surface area contributed by atoms with Crippen molar-refractivity contribution in [3.8, 4) is 0 Å². The van der Waals surface area contributed by atoms with Crippen molar-refractivity contribution in [1.29, 1.82) is 0 Å². The molecule has 2 atom stereocenters. The number of ether oxygens (including phenoxy) is 1. The van der Waals surface area contributed by atoms with E-state index in [1.165, 1.54) is 0 Å². The van der Waals surface area contributed by atoms with Gasteiger partial charge in [0.1, 0.15) is 0 Å². The van der Waals surface area contributed by atoms with Gasteiger partial charge in [-0.2, -0.15) is 0 Å². The third-order valence-electron chi connectivity index (χ3n) is 3.34. The lowest BCUT2D eigenvalue weighted by Crippen LogP contribution is -2.45. The summed E-state index contributed by atoms with van der Waals surface area (Å²) in [6.07, 6.45) is 2.05. The second-order valence-corrected chi connectivity index (χ2v) is 7.22. The predicted octanol–water partition coefficient (Wildman–Crippen LogP) is 0.576. The predicted molar refractivity (Wildman–Crippen MR) is 73.0 cm³/mol. The SMILES string of the molecule is COCC(NS(=O)(=O)CC1CCCNC1)C(C)C. The van der Waals surface area contributed by atoms with Gasteiger partial charge in [-0.25, -0.2) is 13.1 Å². The summed E-state index contributed by atoms with van der Waals surface area (Å²) < 4.78 is 32.0. The summed E-state index contributed by atoms with van der Waals surface area (Å²) in [5.74, 6) is 0.670. The van der Waals surface area contributed by atoms with Crippen LogP contribution in [0.25, 0.3) is 0 Å². The van der Waals surface area contributed by atoms with E-state index in [0.29, 0.717) is 6.61 Å². The molecule has 1 heterocycles. The molecule has 0 spiro atoms. The van der Waals surface area contributed by atoms with Gasteiger partial charge in [0, 0.05) is 13.2 Å². The topological polar surface area (TPSA) is 67.4 Å². The van der Waals surface area contributed by atoms with Crippen molar-refractivity contribution in [2.75, 3.05) is 32.6 Å². The summed E-state index contributed by atoms with van der Waals surface area (Å²) in [6, 6.07) is -0.142. The molecule has 0 aromatic carbocycles. The van der Waals surface area contributed by atoms with Gasteiger partial charge in [-0.15, -0.1) is 0 Å². The first-order chi connectivity index (χ1) is 8.44. The zero-order valence-corrected chi connectivity index (χ0v) is 12.4. The minimum absolute atomic E-state index is 0.142. The first-order valence-electron chi connectivity index (χ1n) is 6.64. The van der Waals surface area contributed by atoms with Gasteiger partial charge in [0.25, 0.3) is 0 Å². The summed E-state index contributed by atoms with van der Waals surface area (Å²) in [4.78, 5) is 0. The maximum absolute atomic E-state index is 12.1. The molecule has 1 aliphatic rings. The largest absolute Gasteiger partial charge is 0.383 e. The quantitative estimate of drug-likeness (QED) is 0.715. The number of rotatable bonds is 7. The third-order valence-corrected chi connectivity index (χ3v) is 4.91. The molecule has 1 aliphatic heterocycles. The highest BCUT2D eigenvalue weighted by Crippen LogP contribution is 2.13. The molecule has 6 heteroatoms. The third kappa shape index (κ3) is 5.65. The summed E-state index contributed by atoms with van der Waals surface area (Å²) >= 11 is 0. The van der Waals surface area contributed by atoms with E-state index in [2.05, 4.69) is 10.0 Å². The fourth-order valence-electron chi connectivity index (χ4n) is 2.20. The Bertz CT molecular complexity index is 324. The van der Waals surface area contributed by atoms with Crippen molar-refractivity contribution in [3.05, 3.63) is 0 Å². The van der Waals surface area contributed by atoms with Crippen LogP contribution in [-0.2, 0) is 14.8 Å².